The third kappa shape index (κ3) is 4.39. The lowest BCUT2D eigenvalue weighted by molar-refractivity contribution is -0.384. The molecule has 1 aliphatic rings. The van der Waals surface area contributed by atoms with Gasteiger partial charge in [0.2, 0.25) is 0 Å². The van der Waals surface area contributed by atoms with Crippen LogP contribution in [0.2, 0.25) is 5.02 Å². The van der Waals surface area contributed by atoms with Crippen LogP contribution < -0.4 is 4.74 Å². The van der Waals surface area contributed by atoms with E-state index in [0.29, 0.717) is 33.4 Å². The number of nitrogens with zero attached hydrogens (tertiary/aromatic N) is 2. The van der Waals surface area contributed by atoms with Crippen LogP contribution in [0.4, 0.5) is 10.5 Å². The van der Waals surface area contributed by atoms with Crippen molar-refractivity contribution in [2.24, 2.45) is 0 Å². The maximum absolute atomic E-state index is 12.8. The van der Waals surface area contributed by atoms with Crippen LogP contribution in [0.15, 0.2) is 63.9 Å². The highest BCUT2D eigenvalue weighted by atomic mass is 35.5. The zero-order valence-electron chi connectivity index (χ0n) is 16.6. The van der Waals surface area contributed by atoms with Gasteiger partial charge in [-0.1, -0.05) is 23.7 Å². The van der Waals surface area contributed by atoms with E-state index in [-0.39, 0.29) is 17.1 Å². The molecule has 0 aliphatic carbocycles. The summed E-state index contributed by atoms with van der Waals surface area (Å²) in [5.41, 5.74) is 1.20. The Morgan fingerprint density at radius 1 is 1.16 bits per heavy atom. The monoisotopic (exact) mass is 470 g/mol. The number of carbonyl (C=O) groups excluding carboxylic acids is 2. The van der Waals surface area contributed by atoms with E-state index >= 15 is 0 Å². The van der Waals surface area contributed by atoms with Gasteiger partial charge in [0.15, 0.2) is 0 Å². The molecule has 1 aliphatic heterocycles. The zero-order valence-corrected chi connectivity index (χ0v) is 18.2. The average Bonchev–Trinajstić information content (AvgIpc) is 3.34. The quantitative estimate of drug-likeness (QED) is 0.256. The fraction of sp³-hybridized carbons (Fsp3) is 0.0909. The lowest BCUT2D eigenvalue weighted by Crippen LogP contribution is -2.27. The summed E-state index contributed by atoms with van der Waals surface area (Å²) in [6.07, 6.45) is 1.50. The van der Waals surface area contributed by atoms with Gasteiger partial charge in [0.1, 0.15) is 17.3 Å². The minimum Gasteiger partial charge on any atom is -0.496 e. The van der Waals surface area contributed by atoms with Crippen LogP contribution in [0.3, 0.4) is 0 Å². The number of halogens is 1. The van der Waals surface area contributed by atoms with E-state index in [0.717, 1.165) is 16.7 Å². The molecule has 8 nitrogen and oxygen atoms in total. The van der Waals surface area contributed by atoms with Gasteiger partial charge in [0.05, 0.1) is 29.0 Å². The highest BCUT2D eigenvalue weighted by molar-refractivity contribution is 8.18. The van der Waals surface area contributed by atoms with Gasteiger partial charge in [-0.15, -0.1) is 0 Å². The van der Waals surface area contributed by atoms with Gasteiger partial charge in [-0.2, -0.15) is 0 Å². The minimum atomic E-state index is -0.511. The van der Waals surface area contributed by atoms with Crippen LogP contribution in [-0.2, 0) is 11.3 Å². The topological polar surface area (TPSA) is 103 Å². The molecule has 1 saturated heterocycles. The lowest BCUT2D eigenvalue weighted by atomic mass is 10.1. The first kappa shape index (κ1) is 21.7. The number of amides is 2. The van der Waals surface area contributed by atoms with E-state index in [1.54, 1.807) is 30.3 Å². The fourth-order valence-electron chi connectivity index (χ4n) is 3.12. The van der Waals surface area contributed by atoms with E-state index in [2.05, 4.69) is 0 Å². The summed E-state index contributed by atoms with van der Waals surface area (Å²) in [6.45, 7) is 0.0170. The molecule has 2 heterocycles. The number of nitro groups is 1. The number of furan rings is 1. The smallest absolute Gasteiger partial charge is 0.293 e. The number of thioether (sulfide) groups is 1. The number of ether oxygens (including phenoxy) is 1. The normalized spacial score (nSPS) is 14.9. The standard InChI is InChI=1S/C22H15ClN2O6S/c1-30-18-8-4-14(23)10-17(18)19-9-7-16(31-19)11-20-21(26)24(22(27)32-20)12-13-2-5-15(6-3-13)25(28)29/h2-11H,12H2,1H3/b20-11-. The molecular formula is C22H15ClN2O6S. The molecular weight excluding hydrogens is 456 g/mol. The van der Waals surface area contributed by atoms with Crippen molar-refractivity contribution in [1.82, 2.24) is 4.90 Å². The molecule has 0 unspecified atom stereocenters. The third-order valence-electron chi connectivity index (χ3n) is 4.69. The second-order valence-corrected chi connectivity index (χ2v) is 8.17. The summed E-state index contributed by atoms with van der Waals surface area (Å²) in [4.78, 5) is 36.7. The number of non-ortho nitro benzene ring substituents is 1. The van der Waals surface area contributed by atoms with Gasteiger partial charge in [-0.05, 0) is 47.7 Å². The van der Waals surface area contributed by atoms with Crippen LogP contribution in [0, 0.1) is 10.1 Å². The molecule has 0 radical (unpaired) electrons. The summed E-state index contributed by atoms with van der Waals surface area (Å²) < 4.78 is 11.2. The van der Waals surface area contributed by atoms with Crippen molar-refractivity contribution in [1.29, 1.82) is 0 Å². The molecule has 2 aromatic carbocycles. The molecule has 3 aromatic rings. The summed E-state index contributed by atoms with van der Waals surface area (Å²) in [5, 5.41) is 10.9. The molecule has 10 heteroatoms. The van der Waals surface area contributed by atoms with Crippen molar-refractivity contribution in [3.63, 3.8) is 0 Å². The summed E-state index contributed by atoms with van der Waals surface area (Å²) in [6, 6.07) is 14.2. The van der Waals surface area contributed by atoms with E-state index in [1.165, 1.54) is 37.5 Å². The zero-order chi connectivity index (χ0) is 22.8. The molecule has 32 heavy (non-hydrogen) atoms. The van der Waals surface area contributed by atoms with E-state index < -0.39 is 16.1 Å². The van der Waals surface area contributed by atoms with Gasteiger partial charge >= 0.3 is 0 Å². The molecule has 4 rings (SSSR count). The summed E-state index contributed by atoms with van der Waals surface area (Å²) >= 11 is 6.88. The number of nitro benzene ring substituents is 1. The Morgan fingerprint density at radius 2 is 1.91 bits per heavy atom. The molecule has 0 atom stereocenters. The van der Waals surface area contributed by atoms with Crippen molar-refractivity contribution in [3.05, 3.63) is 86.0 Å². The van der Waals surface area contributed by atoms with Gasteiger partial charge in [-0.3, -0.25) is 24.6 Å². The molecule has 0 spiro atoms. The molecule has 0 bridgehead atoms. The molecule has 162 valence electrons. The number of methoxy groups -OCH3 is 1. The number of rotatable bonds is 6. The van der Waals surface area contributed by atoms with E-state index in [4.69, 9.17) is 20.8 Å². The Balaban J connectivity index is 1.53. The van der Waals surface area contributed by atoms with Crippen LogP contribution in [0.1, 0.15) is 11.3 Å². The highest BCUT2D eigenvalue weighted by Crippen LogP contribution is 2.36. The van der Waals surface area contributed by atoms with Crippen LogP contribution in [0.25, 0.3) is 17.4 Å². The summed E-state index contributed by atoms with van der Waals surface area (Å²) in [7, 11) is 1.54. The maximum atomic E-state index is 12.8. The first-order chi connectivity index (χ1) is 15.4. The first-order valence-electron chi connectivity index (χ1n) is 9.28. The van der Waals surface area contributed by atoms with Crippen molar-refractivity contribution in [2.75, 3.05) is 7.11 Å². The fourth-order valence-corrected chi connectivity index (χ4v) is 4.11. The predicted molar refractivity (Wildman–Crippen MR) is 120 cm³/mol. The SMILES string of the molecule is COc1ccc(Cl)cc1-c1ccc(/C=C2\SC(=O)N(Cc3ccc([N+](=O)[O-])cc3)C2=O)o1. The van der Waals surface area contributed by atoms with Crippen molar-refractivity contribution >= 4 is 46.3 Å². The van der Waals surface area contributed by atoms with Gasteiger partial charge in [0.25, 0.3) is 16.8 Å². The van der Waals surface area contributed by atoms with Gasteiger partial charge in [-0.25, -0.2) is 0 Å². The highest BCUT2D eigenvalue weighted by Gasteiger charge is 2.35. The Labute approximate surface area is 191 Å². The Bertz CT molecular complexity index is 1250. The van der Waals surface area contributed by atoms with Gasteiger partial charge in [0, 0.05) is 23.2 Å². The Hall–Kier alpha value is -3.56. The number of hydrogen-bond acceptors (Lipinski definition) is 7. The van der Waals surface area contributed by atoms with Crippen LogP contribution in [0.5, 0.6) is 5.75 Å². The minimum absolute atomic E-state index is 0.0170. The lowest BCUT2D eigenvalue weighted by Gasteiger charge is -2.12. The van der Waals surface area contributed by atoms with Gasteiger partial charge < -0.3 is 9.15 Å². The molecule has 0 saturated carbocycles. The predicted octanol–water partition coefficient (Wildman–Crippen LogP) is 5.75. The number of carbonyl (C=O) groups is 2. The Kier molecular flexibility index (Phi) is 6.02. The molecule has 0 N–H and O–H groups in total. The molecule has 1 fully saturated rings. The number of imide groups is 1. The van der Waals surface area contributed by atoms with Crippen molar-refractivity contribution in [3.8, 4) is 17.1 Å². The Morgan fingerprint density at radius 3 is 2.59 bits per heavy atom. The third-order valence-corrected chi connectivity index (χ3v) is 5.83. The van der Waals surface area contributed by atoms with Crippen molar-refractivity contribution < 1.29 is 23.7 Å². The average molecular weight is 471 g/mol. The largest absolute Gasteiger partial charge is 0.496 e. The maximum Gasteiger partial charge on any atom is 0.293 e. The van der Waals surface area contributed by atoms with Crippen molar-refractivity contribution in [2.45, 2.75) is 6.54 Å². The van der Waals surface area contributed by atoms with E-state index in [9.17, 15) is 19.7 Å². The summed E-state index contributed by atoms with van der Waals surface area (Å²) in [5.74, 6) is 1.01. The molecule has 2 amide bonds. The molecule has 1 aromatic heterocycles. The van der Waals surface area contributed by atoms with Crippen LogP contribution >= 0.6 is 23.4 Å². The van der Waals surface area contributed by atoms with Crippen LogP contribution in [-0.4, -0.2) is 28.1 Å². The second kappa shape index (κ2) is 8.89. The van der Waals surface area contributed by atoms with E-state index in [1.807, 2.05) is 0 Å². The first-order valence-corrected chi connectivity index (χ1v) is 10.5. The number of benzene rings is 2. The second-order valence-electron chi connectivity index (χ2n) is 6.74. The number of hydrogen-bond donors (Lipinski definition) is 0.